The van der Waals surface area contributed by atoms with Gasteiger partial charge in [-0.2, -0.15) is 0 Å². The van der Waals surface area contributed by atoms with Crippen molar-refractivity contribution in [3.05, 3.63) is 42.5 Å². The maximum absolute atomic E-state index is 10.8. The minimum absolute atomic E-state index is 0.464. The largest absolute Gasteiger partial charge is 0.464 e. The lowest BCUT2D eigenvalue weighted by Crippen LogP contribution is -1.84. The van der Waals surface area contributed by atoms with Gasteiger partial charge in [-0.3, -0.25) is 4.79 Å². The lowest BCUT2D eigenvalue weighted by Gasteiger charge is -1.93. The normalized spacial score (nSPS) is 10.8. The number of carbonyl (C=O) groups excluding carboxylic acids is 1. The number of benzene rings is 1. The van der Waals surface area contributed by atoms with Gasteiger partial charge < -0.3 is 9.40 Å². The Morgan fingerprint density at radius 2 is 2.19 bits per heavy atom. The molecule has 3 rings (SSSR count). The minimum atomic E-state index is 0.464. The molecule has 0 fully saturated rings. The number of aromatic nitrogens is 2. The maximum Gasteiger partial charge on any atom is 0.168 e. The highest BCUT2D eigenvalue weighted by Crippen LogP contribution is 2.30. The number of para-hydroxylation sites is 1. The van der Waals surface area contributed by atoms with Gasteiger partial charge in [0.2, 0.25) is 0 Å². The number of aldehydes is 1. The lowest BCUT2D eigenvalue weighted by molar-refractivity contribution is 0.112. The Morgan fingerprint density at radius 1 is 1.31 bits per heavy atom. The lowest BCUT2D eigenvalue weighted by atomic mass is 10.1. The zero-order valence-electron chi connectivity index (χ0n) is 8.31. The Kier molecular flexibility index (Phi) is 1.86. The molecule has 3 aromatic rings. The molecule has 4 nitrogen and oxygen atoms in total. The number of hydrogen-bond acceptors (Lipinski definition) is 3. The topological polar surface area (TPSA) is 58.9 Å². The number of H-pyrrole nitrogens is 1. The Balaban J connectivity index is 2.30. The highest BCUT2D eigenvalue weighted by atomic mass is 16.3. The molecule has 0 aliphatic carbocycles. The summed E-state index contributed by atoms with van der Waals surface area (Å²) < 4.78 is 5.40. The van der Waals surface area contributed by atoms with E-state index in [1.165, 1.54) is 6.33 Å². The Labute approximate surface area is 90.9 Å². The summed E-state index contributed by atoms with van der Waals surface area (Å²) in [5.41, 5.74) is 2.71. The molecule has 0 amide bonds. The number of aromatic amines is 1. The van der Waals surface area contributed by atoms with Crippen molar-refractivity contribution in [2.75, 3.05) is 0 Å². The van der Waals surface area contributed by atoms with E-state index in [-0.39, 0.29) is 0 Å². The van der Waals surface area contributed by atoms with Crippen LogP contribution in [0, 0.1) is 0 Å². The van der Waals surface area contributed by atoms with Crippen LogP contribution in [0.15, 0.2) is 41.3 Å². The smallest absolute Gasteiger partial charge is 0.168 e. The highest BCUT2D eigenvalue weighted by molar-refractivity contribution is 5.96. The first-order valence-electron chi connectivity index (χ1n) is 4.85. The van der Waals surface area contributed by atoms with Gasteiger partial charge in [0, 0.05) is 10.9 Å². The van der Waals surface area contributed by atoms with E-state index in [9.17, 15) is 4.79 Å². The molecular weight excluding hydrogens is 204 g/mol. The second-order valence-electron chi connectivity index (χ2n) is 3.43. The molecule has 0 radical (unpaired) electrons. The molecule has 0 atom stereocenters. The molecule has 2 aromatic heterocycles. The fraction of sp³-hybridized carbons (Fsp3) is 0. The summed E-state index contributed by atoms with van der Waals surface area (Å²) in [4.78, 5) is 17.7. The Hall–Kier alpha value is -2.36. The Bertz CT molecular complexity index is 652. The first-order chi connectivity index (χ1) is 7.90. The van der Waals surface area contributed by atoms with Crippen molar-refractivity contribution in [2.24, 2.45) is 0 Å². The number of rotatable bonds is 2. The summed E-state index contributed by atoms with van der Waals surface area (Å²) in [6.45, 7) is 0. The van der Waals surface area contributed by atoms with Crippen LogP contribution in [-0.4, -0.2) is 16.3 Å². The number of furan rings is 1. The van der Waals surface area contributed by atoms with E-state index in [1.54, 1.807) is 6.26 Å². The molecule has 4 heteroatoms. The van der Waals surface area contributed by atoms with E-state index < -0.39 is 0 Å². The molecule has 0 aliphatic heterocycles. The van der Waals surface area contributed by atoms with Crippen LogP contribution in [-0.2, 0) is 0 Å². The third-order valence-electron chi connectivity index (χ3n) is 2.52. The standard InChI is InChI=1S/C12H8N2O2/c15-5-10-12(14-7-13-10)9-6-16-11-4-2-1-3-8(9)11/h1-7H,(H,13,14). The molecule has 1 aromatic carbocycles. The van der Waals surface area contributed by atoms with E-state index >= 15 is 0 Å². The molecule has 16 heavy (non-hydrogen) atoms. The summed E-state index contributed by atoms with van der Waals surface area (Å²) in [7, 11) is 0. The average molecular weight is 212 g/mol. The summed E-state index contributed by atoms with van der Waals surface area (Å²) in [6, 6.07) is 7.65. The molecule has 0 bridgehead atoms. The number of nitrogens with one attached hydrogen (secondary N) is 1. The fourth-order valence-electron chi connectivity index (χ4n) is 1.77. The summed E-state index contributed by atoms with van der Waals surface area (Å²) in [5.74, 6) is 0. The van der Waals surface area contributed by atoms with Gasteiger partial charge in [-0.15, -0.1) is 0 Å². The third kappa shape index (κ3) is 1.16. The van der Waals surface area contributed by atoms with Gasteiger partial charge in [-0.05, 0) is 6.07 Å². The number of nitrogens with zero attached hydrogens (tertiary/aromatic N) is 1. The van der Waals surface area contributed by atoms with Crippen LogP contribution >= 0.6 is 0 Å². The van der Waals surface area contributed by atoms with E-state index in [2.05, 4.69) is 9.97 Å². The molecule has 0 unspecified atom stereocenters. The fourth-order valence-corrected chi connectivity index (χ4v) is 1.77. The van der Waals surface area contributed by atoms with Crippen LogP contribution < -0.4 is 0 Å². The van der Waals surface area contributed by atoms with E-state index in [1.807, 2.05) is 24.3 Å². The van der Waals surface area contributed by atoms with Crippen molar-refractivity contribution < 1.29 is 9.21 Å². The van der Waals surface area contributed by atoms with Crippen LogP contribution in [0.2, 0.25) is 0 Å². The molecule has 1 N–H and O–H groups in total. The van der Waals surface area contributed by atoms with Crippen molar-refractivity contribution in [3.8, 4) is 11.3 Å². The van der Waals surface area contributed by atoms with Crippen LogP contribution in [0.1, 0.15) is 10.5 Å². The van der Waals surface area contributed by atoms with Crippen molar-refractivity contribution in [1.82, 2.24) is 9.97 Å². The first kappa shape index (κ1) is 8.91. The SMILES string of the molecule is O=Cc1[nH]cnc1-c1coc2ccccc12. The summed E-state index contributed by atoms with van der Waals surface area (Å²) in [6.07, 6.45) is 3.87. The van der Waals surface area contributed by atoms with Crippen LogP contribution in [0.25, 0.3) is 22.2 Å². The molecule has 2 heterocycles. The average Bonchev–Trinajstić information content (AvgIpc) is 2.94. The first-order valence-corrected chi connectivity index (χ1v) is 4.85. The molecular formula is C12H8N2O2. The van der Waals surface area contributed by atoms with Gasteiger partial charge in [0.15, 0.2) is 6.29 Å². The van der Waals surface area contributed by atoms with Crippen LogP contribution in [0.4, 0.5) is 0 Å². The predicted octanol–water partition coefficient (Wildman–Crippen LogP) is 2.64. The molecule has 0 saturated heterocycles. The van der Waals surface area contributed by atoms with Crippen molar-refractivity contribution >= 4 is 17.3 Å². The van der Waals surface area contributed by atoms with Gasteiger partial charge in [-0.25, -0.2) is 4.98 Å². The quantitative estimate of drug-likeness (QED) is 0.664. The second kappa shape index (κ2) is 3.34. The van der Waals surface area contributed by atoms with Gasteiger partial charge in [0.05, 0.1) is 6.33 Å². The molecule has 78 valence electrons. The van der Waals surface area contributed by atoms with Gasteiger partial charge in [0.1, 0.15) is 23.2 Å². The zero-order chi connectivity index (χ0) is 11.0. The monoisotopic (exact) mass is 212 g/mol. The Morgan fingerprint density at radius 3 is 3.06 bits per heavy atom. The number of hydrogen-bond donors (Lipinski definition) is 1. The predicted molar refractivity (Wildman–Crippen MR) is 59.2 cm³/mol. The molecule has 0 aliphatic rings. The highest BCUT2D eigenvalue weighted by Gasteiger charge is 2.13. The third-order valence-corrected chi connectivity index (χ3v) is 2.52. The minimum Gasteiger partial charge on any atom is -0.464 e. The van der Waals surface area contributed by atoms with Crippen molar-refractivity contribution in [3.63, 3.8) is 0 Å². The second-order valence-corrected chi connectivity index (χ2v) is 3.43. The zero-order valence-corrected chi connectivity index (χ0v) is 8.31. The maximum atomic E-state index is 10.8. The van der Waals surface area contributed by atoms with Gasteiger partial charge in [-0.1, -0.05) is 18.2 Å². The van der Waals surface area contributed by atoms with Crippen molar-refractivity contribution in [1.29, 1.82) is 0 Å². The van der Waals surface area contributed by atoms with Crippen molar-refractivity contribution in [2.45, 2.75) is 0 Å². The van der Waals surface area contributed by atoms with Crippen LogP contribution in [0.5, 0.6) is 0 Å². The van der Waals surface area contributed by atoms with E-state index in [0.29, 0.717) is 11.4 Å². The van der Waals surface area contributed by atoms with Gasteiger partial charge >= 0.3 is 0 Å². The summed E-state index contributed by atoms with van der Waals surface area (Å²) in [5, 5.41) is 0.956. The van der Waals surface area contributed by atoms with E-state index in [4.69, 9.17) is 4.42 Å². The summed E-state index contributed by atoms with van der Waals surface area (Å²) >= 11 is 0. The molecule has 0 saturated carbocycles. The number of imidazole rings is 1. The number of fused-ring (bicyclic) bond motifs is 1. The molecule has 0 spiro atoms. The number of carbonyl (C=O) groups is 1. The van der Waals surface area contributed by atoms with E-state index in [0.717, 1.165) is 22.8 Å². The van der Waals surface area contributed by atoms with Crippen LogP contribution in [0.3, 0.4) is 0 Å². The van der Waals surface area contributed by atoms with Gasteiger partial charge in [0.25, 0.3) is 0 Å².